The van der Waals surface area contributed by atoms with Crippen molar-refractivity contribution < 1.29 is 9.84 Å². The van der Waals surface area contributed by atoms with Gasteiger partial charge in [-0.3, -0.25) is 10.4 Å². The van der Waals surface area contributed by atoms with Gasteiger partial charge in [0.15, 0.2) is 0 Å². The van der Waals surface area contributed by atoms with E-state index in [1.807, 2.05) is 29.3 Å². The van der Waals surface area contributed by atoms with Gasteiger partial charge in [-0.05, 0) is 12.1 Å². The van der Waals surface area contributed by atoms with Gasteiger partial charge in [0.05, 0.1) is 36.4 Å². The number of imidazole rings is 1. The van der Waals surface area contributed by atoms with Gasteiger partial charge in [-0.2, -0.15) is 0 Å². The number of benzene rings is 1. The van der Waals surface area contributed by atoms with E-state index in [4.69, 9.17) is 10.1 Å². The third kappa shape index (κ3) is 2.06. The molecule has 1 aromatic carbocycles. The number of ether oxygens (including phenoxy) is 1. The fraction of sp³-hybridized carbons (Fsp3) is 0.333. The van der Waals surface area contributed by atoms with Gasteiger partial charge in [0.25, 0.3) is 0 Å². The maximum atomic E-state index is 10.3. The summed E-state index contributed by atoms with van der Waals surface area (Å²) in [5, 5.41) is 22.6. The second-order valence-electron chi connectivity index (χ2n) is 5.40. The molecule has 2 aromatic rings. The molecule has 1 fully saturated rings. The molecule has 0 radical (unpaired) electrons. The largest absolute Gasteiger partial charge is 0.509 e. The molecule has 0 aliphatic carbocycles. The number of aromatic amines is 1. The van der Waals surface area contributed by atoms with Crippen LogP contribution < -0.4 is 0 Å². The number of hydrogen-bond donors (Lipinski definition) is 3. The summed E-state index contributed by atoms with van der Waals surface area (Å²) in [6, 6.07) is 7.69. The zero-order valence-electron chi connectivity index (χ0n) is 12.0. The third-order valence-corrected chi connectivity index (χ3v) is 4.04. The monoisotopic (exact) mass is 299 g/mol. The molecule has 0 spiro atoms. The third-order valence-electron chi connectivity index (χ3n) is 4.04. The quantitative estimate of drug-likeness (QED) is 0.779. The summed E-state index contributed by atoms with van der Waals surface area (Å²) in [7, 11) is 0. The molecular weight excluding hydrogens is 282 g/mol. The second-order valence-corrected chi connectivity index (χ2v) is 5.40. The number of aliphatic hydroxyl groups is 1. The molecule has 1 saturated heterocycles. The number of morpholine rings is 1. The van der Waals surface area contributed by atoms with E-state index in [1.54, 1.807) is 5.01 Å². The molecule has 0 atom stereocenters. The molecule has 7 nitrogen and oxygen atoms in total. The van der Waals surface area contributed by atoms with Crippen molar-refractivity contribution in [2.75, 3.05) is 32.8 Å². The molecule has 2 aliphatic heterocycles. The van der Waals surface area contributed by atoms with Crippen molar-refractivity contribution in [1.29, 1.82) is 5.41 Å². The SMILES string of the molecule is N=C1C(c2nc3ccccc3[nH]2)=C(O)CN1N1CCOCC1. The van der Waals surface area contributed by atoms with E-state index < -0.39 is 0 Å². The molecule has 4 rings (SSSR count). The van der Waals surface area contributed by atoms with E-state index >= 15 is 0 Å². The van der Waals surface area contributed by atoms with Crippen LogP contribution in [0.5, 0.6) is 0 Å². The van der Waals surface area contributed by atoms with Crippen LogP contribution in [0.1, 0.15) is 5.82 Å². The molecule has 7 heteroatoms. The molecule has 0 amide bonds. The Hall–Kier alpha value is -2.38. The number of fused-ring (bicyclic) bond motifs is 1. The molecule has 114 valence electrons. The molecule has 3 N–H and O–H groups in total. The first kappa shape index (κ1) is 13.3. The standard InChI is InChI=1S/C15H17N5O2/c16-14-13(15-17-10-3-1-2-4-11(10)18-15)12(21)9-20(14)19-5-7-22-8-6-19/h1-4,16,21H,5-9H2,(H,17,18). The summed E-state index contributed by atoms with van der Waals surface area (Å²) in [4.78, 5) is 7.67. The number of nitrogens with one attached hydrogen (secondary N) is 2. The molecule has 22 heavy (non-hydrogen) atoms. The Morgan fingerprint density at radius 3 is 2.77 bits per heavy atom. The van der Waals surface area contributed by atoms with Gasteiger partial charge in [0, 0.05) is 13.1 Å². The topological polar surface area (TPSA) is 88.5 Å². The zero-order valence-corrected chi connectivity index (χ0v) is 12.0. The minimum atomic E-state index is 0.176. The number of nitrogens with zero attached hydrogens (tertiary/aromatic N) is 3. The molecule has 2 aliphatic rings. The van der Waals surface area contributed by atoms with Crippen molar-refractivity contribution in [2.24, 2.45) is 0 Å². The molecule has 0 bridgehead atoms. The highest BCUT2D eigenvalue weighted by molar-refractivity contribution is 6.22. The fourth-order valence-electron chi connectivity index (χ4n) is 2.92. The smallest absolute Gasteiger partial charge is 0.150 e. The summed E-state index contributed by atoms with van der Waals surface area (Å²) >= 11 is 0. The van der Waals surface area contributed by atoms with Crippen molar-refractivity contribution in [3.05, 3.63) is 35.8 Å². The number of aliphatic hydroxyl groups excluding tert-OH is 1. The Bertz CT molecular complexity index is 727. The first-order chi connectivity index (χ1) is 10.7. The average Bonchev–Trinajstić information content (AvgIpc) is 3.08. The van der Waals surface area contributed by atoms with E-state index in [0.29, 0.717) is 31.2 Å². The summed E-state index contributed by atoms with van der Waals surface area (Å²) in [5.74, 6) is 0.994. The fourth-order valence-corrected chi connectivity index (χ4v) is 2.92. The average molecular weight is 299 g/mol. The Morgan fingerprint density at radius 2 is 2.00 bits per heavy atom. The highest BCUT2D eigenvalue weighted by atomic mass is 16.5. The maximum Gasteiger partial charge on any atom is 0.150 e. The van der Waals surface area contributed by atoms with Gasteiger partial charge >= 0.3 is 0 Å². The lowest BCUT2D eigenvalue weighted by Crippen LogP contribution is -2.49. The van der Waals surface area contributed by atoms with Gasteiger partial charge in [-0.25, -0.2) is 9.99 Å². The number of para-hydroxylation sites is 2. The van der Waals surface area contributed by atoms with Crippen LogP contribution in [0.2, 0.25) is 0 Å². The Balaban J connectivity index is 1.66. The van der Waals surface area contributed by atoms with Crippen LogP contribution in [0.3, 0.4) is 0 Å². The predicted molar refractivity (Wildman–Crippen MR) is 82.5 cm³/mol. The predicted octanol–water partition coefficient (Wildman–Crippen LogP) is 1.37. The molecule has 0 unspecified atom stereocenters. The van der Waals surface area contributed by atoms with Crippen molar-refractivity contribution in [3.63, 3.8) is 0 Å². The van der Waals surface area contributed by atoms with Crippen LogP contribution in [-0.2, 0) is 4.74 Å². The second kappa shape index (κ2) is 5.11. The minimum absolute atomic E-state index is 0.176. The van der Waals surface area contributed by atoms with Crippen molar-refractivity contribution in [1.82, 2.24) is 20.0 Å². The van der Waals surface area contributed by atoms with E-state index in [2.05, 4.69) is 9.97 Å². The van der Waals surface area contributed by atoms with Gasteiger partial charge < -0.3 is 14.8 Å². The van der Waals surface area contributed by atoms with Crippen molar-refractivity contribution in [3.8, 4) is 0 Å². The number of amidine groups is 1. The van der Waals surface area contributed by atoms with Crippen LogP contribution in [0.25, 0.3) is 16.6 Å². The Kier molecular flexibility index (Phi) is 3.09. The van der Waals surface area contributed by atoms with Crippen molar-refractivity contribution in [2.45, 2.75) is 0 Å². The van der Waals surface area contributed by atoms with E-state index in [9.17, 15) is 5.11 Å². The highest BCUT2D eigenvalue weighted by Gasteiger charge is 2.34. The maximum absolute atomic E-state index is 10.3. The van der Waals surface area contributed by atoms with Gasteiger partial charge in [-0.1, -0.05) is 12.1 Å². The number of hydrazine groups is 1. The normalized spacial score (nSPS) is 20.4. The molecule has 3 heterocycles. The minimum Gasteiger partial charge on any atom is -0.509 e. The van der Waals surface area contributed by atoms with Crippen LogP contribution >= 0.6 is 0 Å². The summed E-state index contributed by atoms with van der Waals surface area (Å²) in [6.07, 6.45) is 0. The van der Waals surface area contributed by atoms with E-state index in [-0.39, 0.29) is 11.6 Å². The zero-order chi connectivity index (χ0) is 15.1. The first-order valence-corrected chi connectivity index (χ1v) is 7.30. The summed E-state index contributed by atoms with van der Waals surface area (Å²) < 4.78 is 5.34. The number of rotatable bonds is 2. The van der Waals surface area contributed by atoms with Crippen LogP contribution in [-0.4, -0.2) is 63.8 Å². The molecule has 0 saturated carbocycles. The number of hydrogen-bond acceptors (Lipinski definition) is 5. The summed E-state index contributed by atoms with van der Waals surface area (Å²) in [5.41, 5.74) is 2.20. The van der Waals surface area contributed by atoms with Crippen molar-refractivity contribution >= 4 is 22.4 Å². The molecular formula is C15H17N5O2. The number of aromatic nitrogens is 2. The number of H-pyrrole nitrogens is 1. The van der Waals surface area contributed by atoms with E-state index in [1.165, 1.54) is 0 Å². The lowest BCUT2D eigenvalue weighted by molar-refractivity contribution is -0.0465. The van der Waals surface area contributed by atoms with Crippen LogP contribution in [0, 0.1) is 5.41 Å². The Labute approximate surface area is 127 Å². The lowest BCUT2D eigenvalue weighted by Gasteiger charge is -2.35. The Morgan fingerprint density at radius 1 is 1.23 bits per heavy atom. The highest BCUT2D eigenvalue weighted by Crippen LogP contribution is 2.28. The van der Waals surface area contributed by atoms with Gasteiger partial charge in [-0.15, -0.1) is 0 Å². The van der Waals surface area contributed by atoms with Gasteiger partial charge in [0.1, 0.15) is 17.4 Å². The first-order valence-electron chi connectivity index (χ1n) is 7.30. The lowest BCUT2D eigenvalue weighted by atomic mass is 10.2. The van der Waals surface area contributed by atoms with Gasteiger partial charge in [0.2, 0.25) is 0 Å². The van der Waals surface area contributed by atoms with Crippen LogP contribution in [0.15, 0.2) is 30.0 Å². The summed E-state index contributed by atoms with van der Waals surface area (Å²) in [6.45, 7) is 3.05. The van der Waals surface area contributed by atoms with Crippen LogP contribution in [0.4, 0.5) is 0 Å². The van der Waals surface area contributed by atoms with E-state index in [0.717, 1.165) is 24.1 Å². The molecule has 1 aromatic heterocycles.